The molecule has 1 unspecified atom stereocenters. The Kier molecular flexibility index (Phi) is 5.11. The van der Waals surface area contributed by atoms with Gasteiger partial charge in [0.1, 0.15) is 12.2 Å². The smallest absolute Gasteiger partial charge is 0.249 e. The lowest BCUT2D eigenvalue weighted by Gasteiger charge is -2.42. The molecular formula is C19H19F2NO3. The molecule has 2 aromatic carbocycles. The zero-order valence-electron chi connectivity index (χ0n) is 13.6. The van der Waals surface area contributed by atoms with Crippen LogP contribution in [0.1, 0.15) is 17.5 Å². The molecule has 0 radical (unpaired) electrons. The van der Waals surface area contributed by atoms with Crippen LogP contribution >= 0.6 is 0 Å². The molecule has 1 fully saturated rings. The zero-order chi connectivity index (χ0) is 17.9. The van der Waals surface area contributed by atoms with Gasteiger partial charge < -0.3 is 14.7 Å². The Bertz CT molecular complexity index is 754. The number of amides is 1. The number of aliphatic hydroxyl groups excluding tert-OH is 1. The quantitative estimate of drug-likeness (QED) is 0.905. The van der Waals surface area contributed by atoms with Crippen molar-refractivity contribution in [1.82, 2.24) is 4.90 Å². The highest BCUT2D eigenvalue weighted by molar-refractivity contribution is 5.78. The third-order valence-corrected chi connectivity index (χ3v) is 4.45. The number of morpholine rings is 1. The number of benzene rings is 2. The molecule has 1 N–H and O–H groups in total. The largest absolute Gasteiger partial charge is 0.396 e. The molecule has 1 amide bonds. The summed E-state index contributed by atoms with van der Waals surface area (Å²) in [5.74, 6) is -2.11. The fourth-order valence-corrected chi connectivity index (χ4v) is 3.11. The van der Waals surface area contributed by atoms with Gasteiger partial charge in [0.05, 0.1) is 6.54 Å². The van der Waals surface area contributed by atoms with Crippen molar-refractivity contribution in [3.05, 3.63) is 71.3 Å². The predicted molar refractivity (Wildman–Crippen MR) is 87.5 cm³/mol. The van der Waals surface area contributed by atoms with Gasteiger partial charge in [0, 0.05) is 19.6 Å². The van der Waals surface area contributed by atoms with Crippen LogP contribution in [0.3, 0.4) is 0 Å². The molecule has 2 aromatic rings. The van der Waals surface area contributed by atoms with E-state index in [1.165, 1.54) is 6.07 Å². The van der Waals surface area contributed by atoms with Crippen molar-refractivity contribution in [2.45, 2.75) is 18.6 Å². The summed E-state index contributed by atoms with van der Waals surface area (Å²) in [6.45, 7) is 0.171. The lowest BCUT2D eigenvalue weighted by atomic mass is 9.88. The van der Waals surface area contributed by atoms with Crippen molar-refractivity contribution in [2.24, 2.45) is 0 Å². The van der Waals surface area contributed by atoms with Crippen LogP contribution in [0.5, 0.6) is 0 Å². The Balaban J connectivity index is 1.90. The molecule has 0 spiro atoms. The Morgan fingerprint density at radius 1 is 1.12 bits per heavy atom. The van der Waals surface area contributed by atoms with Gasteiger partial charge in [-0.05, 0) is 23.3 Å². The number of carbonyl (C=O) groups is 1. The number of carbonyl (C=O) groups excluding carboxylic acids is 1. The average Bonchev–Trinajstić information content (AvgIpc) is 2.61. The van der Waals surface area contributed by atoms with Crippen LogP contribution in [0.4, 0.5) is 8.78 Å². The first-order valence-electron chi connectivity index (χ1n) is 8.06. The molecule has 0 aromatic heterocycles. The molecule has 3 rings (SSSR count). The van der Waals surface area contributed by atoms with E-state index in [0.717, 1.165) is 17.7 Å². The summed E-state index contributed by atoms with van der Waals surface area (Å²) >= 11 is 0. The molecule has 1 saturated heterocycles. The maximum Gasteiger partial charge on any atom is 0.249 e. The summed E-state index contributed by atoms with van der Waals surface area (Å²) in [6, 6.07) is 13.0. The van der Waals surface area contributed by atoms with Gasteiger partial charge in [0.25, 0.3) is 0 Å². The van der Waals surface area contributed by atoms with Crippen LogP contribution in [0.15, 0.2) is 48.5 Å². The minimum absolute atomic E-state index is 0.159. The number of aliphatic hydroxyl groups is 1. The molecule has 25 heavy (non-hydrogen) atoms. The summed E-state index contributed by atoms with van der Waals surface area (Å²) in [7, 11) is 0. The van der Waals surface area contributed by atoms with E-state index in [0.29, 0.717) is 12.1 Å². The number of hydrogen-bond acceptors (Lipinski definition) is 3. The first-order chi connectivity index (χ1) is 12.0. The Morgan fingerprint density at radius 2 is 1.88 bits per heavy atom. The zero-order valence-corrected chi connectivity index (χ0v) is 13.6. The third-order valence-electron chi connectivity index (χ3n) is 4.45. The third kappa shape index (κ3) is 3.70. The molecule has 132 valence electrons. The van der Waals surface area contributed by atoms with Gasteiger partial charge >= 0.3 is 0 Å². The van der Waals surface area contributed by atoms with Crippen LogP contribution < -0.4 is 0 Å². The molecule has 1 aliphatic rings. The summed E-state index contributed by atoms with van der Waals surface area (Å²) in [5, 5.41) is 9.46. The highest BCUT2D eigenvalue weighted by atomic mass is 19.2. The minimum Gasteiger partial charge on any atom is -0.396 e. The van der Waals surface area contributed by atoms with Crippen LogP contribution in [0.2, 0.25) is 0 Å². The normalized spacial score (nSPS) is 20.8. The summed E-state index contributed by atoms with van der Waals surface area (Å²) < 4.78 is 32.7. The van der Waals surface area contributed by atoms with Crippen molar-refractivity contribution in [2.75, 3.05) is 19.8 Å². The summed E-state index contributed by atoms with van der Waals surface area (Å²) in [4.78, 5) is 13.9. The van der Waals surface area contributed by atoms with Crippen LogP contribution in [0.25, 0.3) is 0 Å². The standard InChI is InChI=1S/C19H19F2NO3/c20-16-7-6-15(10-17(16)21)19(8-9-23)13-22(18(24)12-25-19)11-14-4-2-1-3-5-14/h1-7,10,23H,8-9,11-13H2. The molecule has 4 nitrogen and oxygen atoms in total. The van der Waals surface area contributed by atoms with Gasteiger partial charge in [-0.2, -0.15) is 0 Å². The number of rotatable bonds is 5. The van der Waals surface area contributed by atoms with Crippen molar-refractivity contribution < 1.29 is 23.4 Å². The van der Waals surface area contributed by atoms with E-state index in [2.05, 4.69) is 0 Å². The number of ether oxygens (including phenoxy) is 1. The lowest BCUT2D eigenvalue weighted by Crippen LogP contribution is -2.52. The highest BCUT2D eigenvalue weighted by Crippen LogP contribution is 2.35. The van der Waals surface area contributed by atoms with E-state index in [1.807, 2.05) is 30.3 Å². The maximum absolute atomic E-state index is 13.7. The van der Waals surface area contributed by atoms with E-state index >= 15 is 0 Å². The average molecular weight is 347 g/mol. The fraction of sp³-hybridized carbons (Fsp3) is 0.316. The monoisotopic (exact) mass is 347 g/mol. The number of nitrogens with zero attached hydrogens (tertiary/aromatic N) is 1. The molecule has 0 aliphatic carbocycles. The SMILES string of the molecule is O=C1COC(CCO)(c2ccc(F)c(F)c2)CN1Cc1ccccc1. The Labute approximate surface area is 144 Å². The highest BCUT2D eigenvalue weighted by Gasteiger charge is 2.41. The van der Waals surface area contributed by atoms with Crippen molar-refractivity contribution in [3.8, 4) is 0 Å². The van der Waals surface area contributed by atoms with Gasteiger partial charge in [-0.25, -0.2) is 8.78 Å². The van der Waals surface area contributed by atoms with Gasteiger partial charge in [0.15, 0.2) is 11.6 Å². The van der Waals surface area contributed by atoms with E-state index in [9.17, 15) is 18.7 Å². The number of hydrogen-bond donors (Lipinski definition) is 1. The van der Waals surface area contributed by atoms with E-state index in [-0.39, 0.29) is 32.1 Å². The van der Waals surface area contributed by atoms with Gasteiger partial charge in [-0.3, -0.25) is 4.79 Å². The lowest BCUT2D eigenvalue weighted by molar-refractivity contribution is -0.169. The van der Waals surface area contributed by atoms with E-state index < -0.39 is 17.2 Å². The van der Waals surface area contributed by atoms with Gasteiger partial charge in [-0.1, -0.05) is 36.4 Å². The Hall–Kier alpha value is -2.31. The van der Waals surface area contributed by atoms with E-state index in [4.69, 9.17) is 4.74 Å². The molecule has 6 heteroatoms. The molecule has 0 saturated carbocycles. The molecular weight excluding hydrogens is 328 g/mol. The van der Waals surface area contributed by atoms with Crippen LogP contribution in [-0.4, -0.2) is 35.7 Å². The van der Waals surface area contributed by atoms with Crippen molar-refractivity contribution in [3.63, 3.8) is 0 Å². The topological polar surface area (TPSA) is 49.8 Å². The Morgan fingerprint density at radius 3 is 2.56 bits per heavy atom. The molecule has 0 bridgehead atoms. The number of halogens is 2. The van der Waals surface area contributed by atoms with Gasteiger partial charge in [-0.15, -0.1) is 0 Å². The predicted octanol–water partition coefficient (Wildman–Crippen LogP) is 2.60. The molecule has 1 aliphatic heterocycles. The minimum atomic E-state index is -1.06. The second kappa shape index (κ2) is 7.29. The fourth-order valence-electron chi connectivity index (χ4n) is 3.11. The van der Waals surface area contributed by atoms with Crippen LogP contribution in [0, 0.1) is 11.6 Å². The van der Waals surface area contributed by atoms with Crippen molar-refractivity contribution >= 4 is 5.91 Å². The molecule has 1 heterocycles. The van der Waals surface area contributed by atoms with Gasteiger partial charge in [0.2, 0.25) is 5.91 Å². The van der Waals surface area contributed by atoms with Crippen molar-refractivity contribution in [1.29, 1.82) is 0 Å². The summed E-state index contributed by atoms with van der Waals surface area (Å²) in [6.07, 6.45) is 0.177. The molecule has 1 atom stereocenters. The second-order valence-corrected chi connectivity index (χ2v) is 6.12. The van der Waals surface area contributed by atoms with Crippen LogP contribution in [-0.2, 0) is 21.7 Å². The summed E-state index contributed by atoms with van der Waals surface area (Å²) in [5.41, 5.74) is 0.304. The maximum atomic E-state index is 13.7. The second-order valence-electron chi connectivity index (χ2n) is 6.12. The van der Waals surface area contributed by atoms with E-state index in [1.54, 1.807) is 4.90 Å². The first kappa shape index (κ1) is 17.5. The first-order valence-corrected chi connectivity index (χ1v) is 8.06.